The van der Waals surface area contributed by atoms with Crippen LogP contribution in [0.2, 0.25) is 0 Å². The molecule has 4 heteroatoms. The first-order valence-corrected chi connectivity index (χ1v) is 6.67. The zero-order chi connectivity index (χ0) is 14.2. The van der Waals surface area contributed by atoms with Crippen molar-refractivity contribution in [1.29, 1.82) is 0 Å². The number of hydrogen-bond donors (Lipinski definition) is 0. The molecule has 0 heterocycles. The molecule has 0 bridgehead atoms. The van der Waals surface area contributed by atoms with Crippen molar-refractivity contribution in [1.82, 2.24) is 0 Å². The van der Waals surface area contributed by atoms with E-state index in [4.69, 9.17) is 0 Å². The molecule has 0 aliphatic heterocycles. The lowest BCUT2D eigenvalue weighted by atomic mass is 10.0. The first-order chi connectivity index (χ1) is 8.90. The summed E-state index contributed by atoms with van der Waals surface area (Å²) in [7, 11) is 0. The van der Waals surface area contributed by atoms with Crippen LogP contribution in [0.25, 0.3) is 0 Å². The van der Waals surface area contributed by atoms with Crippen molar-refractivity contribution in [2.75, 3.05) is 0 Å². The van der Waals surface area contributed by atoms with E-state index in [1.165, 1.54) is 12.1 Å². The Balaban J connectivity index is 2.52. The molecule has 0 aromatic heterocycles. The quantitative estimate of drug-likeness (QED) is 0.664. The molecule has 2 rings (SSSR count). The molecular formula is C15H12BrF3. The van der Waals surface area contributed by atoms with E-state index in [2.05, 4.69) is 15.9 Å². The minimum atomic E-state index is -0.689. The third-order valence-corrected chi connectivity index (χ3v) is 3.96. The molecule has 0 radical (unpaired) electrons. The number of alkyl halides is 1. The fourth-order valence-electron chi connectivity index (χ4n) is 1.90. The van der Waals surface area contributed by atoms with Crippen molar-refractivity contribution in [3.63, 3.8) is 0 Å². The molecule has 2 aromatic carbocycles. The Morgan fingerprint density at radius 3 is 2.16 bits per heavy atom. The van der Waals surface area contributed by atoms with Crippen molar-refractivity contribution in [2.24, 2.45) is 0 Å². The van der Waals surface area contributed by atoms with Gasteiger partial charge in [0.15, 0.2) is 0 Å². The number of aryl methyl sites for hydroxylation is 2. The third kappa shape index (κ3) is 2.84. The van der Waals surface area contributed by atoms with E-state index in [1.54, 1.807) is 19.1 Å². The smallest absolute Gasteiger partial charge is 0.130 e. The third-order valence-electron chi connectivity index (χ3n) is 2.98. The van der Waals surface area contributed by atoms with Crippen LogP contribution in [0.3, 0.4) is 0 Å². The lowest BCUT2D eigenvalue weighted by Crippen LogP contribution is -2.02. The highest BCUT2D eigenvalue weighted by Gasteiger charge is 2.20. The molecule has 0 saturated heterocycles. The van der Waals surface area contributed by atoms with E-state index < -0.39 is 22.3 Å². The Morgan fingerprint density at radius 2 is 1.47 bits per heavy atom. The number of benzene rings is 2. The van der Waals surface area contributed by atoms with Gasteiger partial charge in [0.25, 0.3) is 0 Å². The molecular weight excluding hydrogens is 317 g/mol. The maximum Gasteiger partial charge on any atom is 0.130 e. The summed E-state index contributed by atoms with van der Waals surface area (Å²) in [5, 5.41) is 0. The summed E-state index contributed by atoms with van der Waals surface area (Å²) in [6, 6.07) is 6.85. The van der Waals surface area contributed by atoms with Gasteiger partial charge in [0.1, 0.15) is 17.5 Å². The molecule has 2 aromatic rings. The molecule has 0 spiro atoms. The maximum atomic E-state index is 13.8. The lowest BCUT2D eigenvalue weighted by Gasteiger charge is -2.14. The van der Waals surface area contributed by atoms with Crippen LogP contribution in [0.5, 0.6) is 0 Å². The zero-order valence-corrected chi connectivity index (χ0v) is 12.1. The van der Waals surface area contributed by atoms with Crippen LogP contribution in [0.15, 0.2) is 30.3 Å². The molecule has 0 amide bonds. The molecule has 0 aliphatic rings. The van der Waals surface area contributed by atoms with Gasteiger partial charge >= 0.3 is 0 Å². The maximum absolute atomic E-state index is 13.8. The molecule has 0 N–H and O–H groups in total. The SMILES string of the molecule is Cc1ccc(F)c(C(Br)c2cc(C)c(F)cc2F)c1. The molecule has 0 fully saturated rings. The summed E-state index contributed by atoms with van der Waals surface area (Å²) in [4.78, 5) is -0.647. The lowest BCUT2D eigenvalue weighted by molar-refractivity contribution is 0.566. The van der Waals surface area contributed by atoms with Crippen molar-refractivity contribution in [3.8, 4) is 0 Å². The fraction of sp³-hybridized carbons (Fsp3) is 0.200. The first kappa shape index (κ1) is 14.1. The summed E-state index contributed by atoms with van der Waals surface area (Å²) < 4.78 is 40.8. The standard InChI is InChI=1S/C15H12BrF3/c1-8-3-4-12(17)10(5-8)15(16)11-6-9(2)13(18)7-14(11)19/h3-7,15H,1-2H3. The van der Waals surface area contributed by atoms with Crippen LogP contribution in [0.4, 0.5) is 13.2 Å². The van der Waals surface area contributed by atoms with Crippen LogP contribution in [0, 0.1) is 31.3 Å². The van der Waals surface area contributed by atoms with Crippen molar-refractivity contribution in [3.05, 3.63) is 70.0 Å². The van der Waals surface area contributed by atoms with Gasteiger partial charge in [0, 0.05) is 17.2 Å². The summed E-state index contributed by atoms with van der Waals surface area (Å²) >= 11 is 3.29. The predicted molar refractivity (Wildman–Crippen MR) is 73.0 cm³/mol. The van der Waals surface area contributed by atoms with Crippen LogP contribution in [-0.2, 0) is 0 Å². The molecule has 19 heavy (non-hydrogen) atoms. The second-order valence-electron chi connectivity index (χ2n) is 4.51. The van der Waals surface area contributed by atoms with Gasteiger partial charge in [-0.25, -0.2) is 13.2 Å². The molecule has 1 atom stereocenters. The summed E-state index contributed by atoms with van der Waals surface area (Å²) in [6.07, 6.45) is 0. The van der Waals surface area contributed by atoms with Crippen molar-refractivity contribution < 1.29 is 13.2 Å². The fourth-order valence-corrected chi connectivity index (χ4v) is 2.60. The highest BCUT2D eigenvalue weighted by Crippen LogP contribution is 2.35. The van der Waals surface area contributed by atoms with Crippen LogP contribution in [-0.4, -0.2) is 0 Å². The second kappa shape index (κ2) is 5.37. The predicted octanol–water partition coefficient (Wildman–Crippen LogP) is 5.21. The highest BCUT2D eigenvalue weighted by molar-refractivity contribution is 9.09. The van der Waals surface area contributed by atoms with Crippen molar-refractivity contribution in [2.45, 2.75) is 18.7 Å². The second-order valence-corrected chi connectivity index (χ2v) is 5.43. The first-order valence-electron chi connectivity index (χ1n) is 5.76. The minimum Gasteiger partial charge on any atom is -0.207 e. The van der Waals surface area contributed by atoms with Crippen molar-refractivity contribution >= 4 is 15.9 Å². The Kier molecular flexibility index (Phi) is 3.99. The Labute approximate surface area is 118 Å². The largest absolute Gasteiger partial charge is 0.207 e. The minimum absolute atomic E-state index is 0.225. The molecule has 0 aliphatic carbocycles. The van der Waals surface area contributed by atoms with E-state index in [0.29, 0.717) is 11.1 Å². The Hall–Kier alpha value is -1.29. The van der Waals surface area contributed by atoms with Crippen LogP contribution in [0.1, 0.15) is 27.1 Å². The molecule has 0 nitrogen and oxygen atoms in total. The molecule has 1 unspecified atom stereocenters. The van der Waals surface area contributed by atoms with E-state index in [1.807, 2.05) is 6.92 Å². The van der Waals surface area contributed by atoms with Crippen LogP contribution >= 0.6 is 15.9 Å². The summed E-state index contributed by atoms with van der Waals surface area (Å²) in [5.41, 5.74) is 1.77. The van der Waals surface area contributed by atoms with Gasteiger partial charge in [0.2, 0.25) is 0 Å². The Morgan fingerprint density at radius 1 is 0.842 bits per heavy atom. The molecule has 100 valence electrons. The normalized spacial score (nSPS) is 12.5. The van der Waals surface area contributed by atoms with E-state index in [9.17, 15) is 13.2 Å². The number of rotatable bonds is 2. The highest BCUT2D eigenvalue weighted by atomic mass is 79.9. The van der Waals surface area contributed by atoms with Crippen LogP contribution < -0.4 is 0 Å². The molecule has 0 saturated carbocycles. The average Bonchev–Trinajstić information content (AvgIpc) is 2.36. The van der Waals surface area contributed by atoms with E-state index in [0.717, 1.165) is 11.6 Å². The zero-order valence-electron chi connectivity index (χ0n) is 10.5. The monoisotopic (exact) mass is 328 g/mol. The Bertz CT molecular complexity index is 623. The van der Waals surface area contributed by atoms with Gasteiger partial charge < -0.3 is 0 Å². The van der Waals surface area contributed by atoms with Gasteiger partial charge in [-0.2, -0.15) is 0 Å². The number of hydrogen-bond acceptors (Lipinski definition) is 0. The topological polar surface area (TPSA) is 0 Å². The van der Waals surface area contributed by atoms with Gasteiger partial charge in [0.05, 0.1) is 4.83 Å². The van der Waals surface area contributed by atoms with Gasteiger partial charge in [-0.3, -0.25) is 0 Å². The van der Waals surface area contributed by atoms with Gasteiger partial charge in [-0.1, -0.05) is 33.6 Å². The summed E-state index contributed by atoms with van der Waals surface area (Å²) in [6.45, 7) is 3.37. The van der Waals surface area contributed by atoms with E-state index in [-0.39, 0.29) is 5.56 Å². The van der Waals surface area contributed by atoms with Gasteiger partial charge in [-0.15, -0.1) is 0 Å². The average molecular weight is 329 g/mol. The van der Waals surface area contributed by atoms with Gasteiger partial charge in [-0.05, 0) is 31.5 Å². The number of halogens is 4. The summed E-state index contributed by atoms with van der Waals surface area (Å²) in [5.74, 6) is -1.72. The van der Waals surface area contributed by atoms with E-state index >= 15 is 0 Å².